The number of aryl methyl sites for hydroxylation is 1. The monoisotopic (exact) mass is 322 g/mol. The lowest BCUT2D eigenvalue weighted by atomic mass is 10.3. The van der Waals surface area contributed by atoms with Crippen molar-refractivity contribution in [1.29, 1.82) is 0 Å². The number of benzene rings is 1. The highest BCUT2D eigenvalue weighted by atomic mass is 35.7. The Balaban J connectivity index is 2.27. The van der Waals surface area contributed by atoms with E-state index in [0.29, 0.717) is 5.82 Å². The van der Waals surface area contributed by atoms with Gasteiger partial charge in [-0.15, -0.1) is 0 Å². The Bertz CT molecular complexity index is 746. The number of rotatable bonds is 4. The molecule has 0 fully saturated rings. The molecule has 5 nitrogen and oxygen atoms in total. The number of ether oxygens (including phenoxy) is 1. The number of imidazole rings is 1. The predicted molar refractivity (Wildman–Crippen MR) is 66.9 cm³/mol. The average molecular weight is 323 g/mol. The fourth-order valence-electron chi connectivity index (χ4n) is 1.49. The van der Waals surface area contributed by atoms with E-state index in [9.17, 15) is 17.2 Å². The van der Waals surface area contributed by atoms with E-state index < -0.39 is 31.3 Å². The summed E-state index contributed by atoms with van der Waals surface area (Å²) in [6.45, 7) is -0.0904. The molecule has 1 aromatic heterocycles. The van der Waals surface area contributed by atoms with Gasteiger partial charge in [-0.1, -0.05) is 0 Å². The fraction of sp³-hybridized carbons (Fsp3) is 0.182. The van der Waals surface area contributed by atoms with Crippen molar-refractivity contribution >= 4 is 19.7 Å². The molecule has 9 heteroatoms. The Hall–Kier alpha value is -1.67. The first kappa shape index (κ1) is 14.7. The van der Waals surface area contributed by atoms with Crippen molar-refractivity contribution in [2.75, 3.05) is 0 Å². The second-order valence-corrected chi connectivity index (χ2v) is 6.41. The second kappa shape index (κ2) is 5.37. The summed E-state index contributed by atoms with van der Waals surface area (Å²) in [6, 6.07) is 1.84. The van der Waals surface area contributed by atoms with Crippen molar-refractivity contribution in [3.05, 3.63) is 42.0 Å². The van der Waals surface area contributed by atoms with Gasteiger partial charge < -0.3 is 9.30 Å². The maximum Gasteiger partial charge on any atom is 0.264 e. The van der Waals surface area contributed by atoms with Crippen molar-refractivity contribution in [3.8, 4) is 5.75 Å². The number of nitrogens with zero attached hydrogens (tertiary/aromatic N) is 2. The van der Waals surface area contributed by atoms with Crippen LogP contribution in [0.1, 0.15) is 5.82 Å². The lowest BCUT2D eigenvalue weighted by molar-refractivity contribution is 0.271. The number of halogens is 3. The molecular weight excluding hydrogens is 314 g/mol. The molecule has 0 N–H and O–H groups in total. The van der Waals surface area contributed by atoms with Crippen LogP contribution in [-0.2, 0) is 22.7 Å². The van der Waals surface area contributed by atoms with E-state index in [0.717, 1.165) is 12.1 Å². The number of hydrogen-bond acceptors (Lipinski definition) is 4. The Morgan fingerprint density at radius 2 is 2.05 bits per heavy atom. The van der Waals surface area contributed by atoms with Gasteiger partial charge >= 0.3 is 0 Å². The molecule has 20 heavy (non-hydrogen) atoms. The van der Waals surface area contributed by atoms with Crippen LogP contribution in [0.25, 0.3) is 0 Å². The third kappa shape index (κ3) is 2.91. The minimum absolute atomic E-state index is 0.0904. The number of hydrogen-bond donors (Lipinski definition) is 0. The van der Waals surface area contributed by atoms with Gasteiger partial charge in [-0.2, -0.15) is 4.39 Å². The van der Waals surface area contributed by atoms with Gasteiger partial charge in [0.15, 0.2) is 11.6 Å². The van der Waals surface area contributed by atoms with Crippen molar-refractivity contribution < 1.29 is 21.9 Å². The SMILES string of the molecule is Cn1ccnc1COc1ccc(S(=O)(=O)Cl)c(F)c1F. The molecule has 1 aromatic carbocycles. The van der Waals surface area contributed by atoms with Gasteiger partial charge in [0.25, 0.3) is 9.05 Å². The molecule has 108 valence electrons. The van der Waals surface area contributed by atoms with Crippen LogP contribution in [0.5, 0.6) is 5.75 Å². The van der Waals surface area contributed by atoms with E-state index in [4.69, 9.17) is 15.4 Å². The Labute approximate surface area is 118 Å². The zero-order chi connectivity index (χ0) is 14.9. The Kier molecular flexibility index (Phi) is 3.96. The van der Waals surface area contributed by atoms with Gasteiger partial charge in [-0.05, 0) is 12.1 Å². The van der Waals surface area contributed by atoms with Gasteiger partial charge in [-0.25, -0.2) is 17.8 Å². The van der Waals surface area contributed by atoms with Crippen molar-refractivity contribution in [1.82, 2.24) is 9.55 Å². The van der Waals surface area contributed by atoms with Crippen molar-refractivity contribution in [2.45, 2.75) is 11.5 Å². The molecule has 0 aliphatic rings. The third-order valence-corrected chi connectivity index (χ3v) is 3.89. The fourth-order valence-corrected chi connectivity index (χ4v) is 2.38. The van der Waals surface area contributed by atoms with E-state index >= 15 is 0 Å². The van der Waals surface area contributed by atoms with Crippen molar-refractivity contribution in [2.24, 2.45) is 7.05 Å². The molecule has 0 saturated carbocycles. The largest absolute Gasteiger partial charge is 0.482 e. The van der Waals surface area contributed by atoms with Crippen LogP contribution < -0.4 is 4.74 Å². The molecule has 0 amide bonds. The molecule has 0 aliphatic carbocycles. The third-order valence-electron chi connectivity index (χ3n) is 2.55. The first-order valence-corrected chi connectivity index (χ1v) is 7.63. The van der Waals surface area contributed by atoms with Crippen LogP contribution in [0.3, 0.4) is 0 Å². The van der Waals surface area contributed by atoms with Gasteiger partial charge in [-0.3, -0.25) is 0 Å². The van der Waals surface area contributed by atoms with Crippen LogP contribution in [0.15, 0.2) is 29.4 Å². The summed E-state index contributed by atoms with van der Waals surface area (Å²) in [6.07, 6.45) is 3.19. The summed E-state index contributed by atoms with van der Waals surface area (Å²) in [5, 5.41) is 0. The van der Waals surface area contributed by atoms with Crippen LogP contribution in [0, 0.1) is 11.6 Å². The minimum atomic E-state index is -4.35. The first-order valence-electron chi connectivity index (χ1n) is 5.32. The molecule has 0 aliphatic heterocycles. The Morgan fingerprint density at radius 3 is 2.60 bits per heavy atom. The van der Waals surface area contributed by atoms with Crippen LogP contribution in [0.4, 0.5) is 8.78 Å². The molecule has 0 bridgehead atoms. The van der Waals surface area contributed by atoms with Crippen LogP contribution >= 0.6 is 10.7 Å². The van der Waals surface area contributed by atoms with Gasteiger partial charge in [0.05, 0.1) is 0 Å². The molecule has 2 rings (SSSR count). The maximum absolute atomic E-state index is 13.7. The highest BCUT2D eigenvalue weighted by molar-refractivity contribution is 8.13. The van der Waals surface area contributed by atoms with Crippen LogP contribution in [0.2, 0.25) is 0 Å². The normalized spacial score (nSPS) is 11.6. The quantitative estimate of drug-likeness (QED) is 0.810. The lowest BCUT2D eigenvalue weighted by Crippen LogP contribution is -2.06. The van der Waals surface area contributed by atoms with E-state index in [1.807, 2.05) is 0 Å². The highest BCUT2D eigenvalue weighted by Gasteiger charge is 2.22. The van der Waals surface area contributed by atoms with E-state index in [1.165, 1.54) is 6.20 Å². The summed E-state index contributed by atoms with van der Waals surface area (Å²) < 4.78 is 56.0. The van der Waals surface area contributed by atoms with E-state index in [2.05, 4.69) is 4.98 Å². The smallest absolute Gasteiger partial charge is 0.264 e. The molecule has 1 heterocycles. The summed E-state index contributed by atoms with van der Waals surface area (Å²) in [7, 11) is 2.34. The molecular formula is C11H9ClF2N2O3S. The van der Waals surface area contributed by atoms with Crippen LogP contribution in [-0.4, -0.2) is 18.0 Å². The first-order chi connectivity index (χ1) is 9.30. The van der Waals surface area contributed by atoms with Gasteiger partial charge in [0, 0.05) is 30.1 Å². The Morgan fingerprint density at radius 1 is 1.35 bits per heavy atom. The standard InChI is InChI=1S/C11H9ClF2N2O3S/c1-16-5-4-15-9(16)6-19-7-2-3-8(20(12,17)18)11(14)10(7)13/h2-5H,6H2,1H3. The summed E-state index contributed by atoms with van der Waals surface area (Å²) in [4.78, 5) is 3.01. The summed E-state index contributed by atoms with van der Waals surface area (Å²) in [5.41, 5.74) is 0. The summed E-state index contributed by atoms with van der Waals surface area (Å²) >= 11 is 0. The number of aromatic nitrogens is 2. The average Bonchev–Trinajstić information content (AvgIpc) is 2.75. The highest BCUT2D eigenvalue weighted by Crippen LogP contribution is 2.27. The van der Waals surface area contributed by atoms with Gasteiger partial charge in [0.2, 0.25) is 5.82 Å². The molecule has 0 saturated heterocycles. The summed E-state index contributed by atoms with van der Waals surface area (Å²) in [5.74, 6) is -2.91. The molecule has 0 atom stereocenters. The zero-order valence-electron chi connectivity index (χ0n) is 10.2. The molecule has 0 radical (unpaired) electrons. The minimum Gasteiger partial charge on any atom is -0.482 e. The second-order valence-electron chi connectivity index (χ2n) is 3.87. The van der Waals surface area contributed by atoms with E-state index in [-0.39, 0.29) is 6.61 Å². The molecule has 0 spiro atoms. The predicted octanol–water partition coefficient (Wildman–Crippen LogP) is 2.20. The molecule has 2 aromatic rings. The van der Waals surface area contributed by atoms with Gasteiger partial charge in [0.1, 0.15) is 17.3 Å². The zero-order valence-corrected chi connectivity index (χ0v) is 11.8. The lowest BCUT2D eigenvalue weighted by Gasteiger charge is -2.09. The topological polar surface area (TPSA) is 61.2 Å². The molecule has 0 unspecified atom stereocenters. The van der Waals surface area contributed by atoms with Crippen molar-refractivity contribution in [3.63, 3.8) is 0 Å². The maximum atomic E-state index is 13.7. The van der Waals surface area contributed by atoms with E-state index in [1.54, 1.807) is 17.8 Å².